The number of nitrogens with zero attached hydrogens (tertiary/aromatic N) is 1. The molecule has 0 aromatic rings. The summed E-state index contributed by atoms with van der Waals surface area (Å²) in [6.07, 6.45) is 3.79. The van der Waals surface area contributed by atoms with Crippen LogP contribution in [0.4, 0.5) is 0 Å². The first-order chi connectivity index (χ1) is 7.59. The summed E-state index contributed by atoms with van der Waals surface area (Å²) in [7, 11) is 0. The number of hydrogen-bond acceptors (Lipinski definition) is 3. The highest BCUT2D eigenvalue weighted by atomic mass is 16.2. The van der Waals surface area contributed by atoms with Gasteiger partial charge in [-0.15, -0.1) is 0 Å². The van der Waals surface area contributed by atoms with Crippen LogP contribution < -0.4 is 11.1 Å². The largest absolute Gasteiger partial charge is 0.352 e. The molecule has 0 aromatic carbocycles. The van der Waals surface area contributed by atoms with Gasteiger partial charge < -0.3 is 16.0 Å². The molecule has 1 aliphatic heterocycles. The van der Waals surface area contributed by atoms with Crippen LogP contribution in [0, 0.1) is 0 Å². The van der Waals surface area contributed by atoms with Crippen molar-refractivity contribution in [2.75, 3.05) is 6.54 Å². The number of hydrogen-bond donors (Lipinski definition) is 2. The van der Waals surface area contributed by atoms with Crippen molar-refractivity contribution in [2.45, 2.75) is 50.7 Å². The molecule has 3 N–H and O–H groups in total. The lowest BCUT2D eigenvalue weighted by molar-refractivity contribution is -0.139. The molecule has 0 radical (unpaired) electrons. The Labute approximate surface area is 95.3 Å². The molecule has 2 atom stereocenters. The fourth-order valence-corrected chi connectivity index (χ4v) is 2.09. The predicted molar refractivity (Wildman–Crippen MR) is 59.5 cm³/mol. The van der Waals surface area contributed by atoms with Crippen LogP contribution in [0.2, 0.25) is 0 Å². The highest BCUT2D eigenvalue weighted by Gasteiger charge is 2.37. The van der Waals surface area contributed by atoms with Gasteiger partial charge in [-0.2, -0.15) is 0 Å². The van der Waals surface area contributed by atoms with Crippen molar-refractivity contribution in [3.05, 3.63) is 0 Å². The zero-order valence-corrected chi connectivity index (χ0v) is 9.61. The van der Waals surface area contributed by atoms with Gasteiger partial charge in [0.25, 0.3) is 0 Å². The lowest BCUT2D eigenvalue weighted by atomic mass is 10.2. The van der Waals surface area contributed by atoms with Crippen molar-refractivity contribution in [2.24, 2.45) is 5.73 Å². The molecule has 1 saturated carbocycles. The fraction of sp³-hybridized carbons (Fsp3) is 0.818. The van der Waals surface area contributed by atoms with Crippen molar-refractivity contribution < 1.29 is 9.59 Å². The Morgan fingerprint density at radius 1 is 1.38 bits per heavy atom. The Kier molecular flexibility index (Phi) is 3.14. The van der Waals surface area contributed by atoms with Gasteiger partial charge in [-0.05, 0) is 32.6 Å². The molecule has 2 amide bonds. The summed E-state index contributed by atoms with van der Waals surface area (Å²) < 4.78 is 0. The summed E-state index contributed by atoms with van der Waals surface area (Å²) in [5, 5.41) is 2.95. The van der Waals surface area contributed by atoms with Crippen LogP contribution in [0.15, 0.2) is 0 Å². The van der Waals surface area contributed by atoms with E-state index in [9.17, 15) is 9.59 Å². The highest BCUT2D eigenvalue weighted by molar-refractivity contribution is 5.90. The van der Waals surface area contributed by atoms with Crippen molar-refractivity contribution in [1.29, 1.82) is 0 Å². The van der Waals surface area contributed by atoms with Gasteiger partial charge in [0, 0.05) is 12.6 Å². The number of nitrogens with one attached hydrogen (secondary N) is 1. The summed E-state index contributed by atoms with van der Waals surface area (Å²) in [4.78, 5) is 25.3. The molecular formula is C11H19N3O2. The Morgan fingerprint density at radius 2 is 2.06 bits per heavy atom. The number of carbonyl (C=O) groups excluding carboxylic acids is 2. The van der Waals surface area contributed by atoms with E-state index in [0.717, 1.165) is 25.7 Å². The number of nitrogens with two attached hydrogens (primary N) is 1. The van der Waals surface area contributed by atoms with Crippen molar-refractivity contribution in [1.82, 2.24) is 10.2 Å². The molecule has 1 saturated heterocycles. The third kappa shape index (κ3) is 2.35. The van der Waals surface area contributed by atoms with E-state index in [0.29, 0.717) is 12.6 Å². The Hall–Kier alpha value is -1.10. The van der Waals surface area contributed by atoms with Crippen LogP contribution in [0.1, 0.15) is 32.6 Å². The van der Waals surface area contributed by atoms with E-state index in [-0.39, 0.29) is 17.9 Å². The van der Waals surface area contributed by atoms with Crippen LogP contribution in [0.5, 0.6) is 0 Å². The maximum atomic E-state index is 11.9. The molecule has 2 fully saturated rings. The van der Waals surface area contributed by atoms with Crippen molar-refractivity contribution >= 4 is 11.8 Å². The highest BCUT2D eigenvalue weighted by Crippen LogP contribution is 2.22. The Bertz CT molecular complexity index is 300. The zero-order valence-electron chi connectivity index (χ0n) is 9.61. The molecule has 5 nitrogen and oxygen atoms in total. The van der Waals surface area contributed by atoms with E-state index < -0.39 is 6.04 Å². The second-order valence-corrected chi connectivity index (χ2v) is 4.76. The average Bonchev–Trinajstić information content (AvgIpc) is 2.91. The first-order valence-electron chi connectivity index (χ1n) is 5.96. The lowest BCUT2D eigenvalue weighted by Crippen LogP contribution is -2.50. The molecular weight excluding hydrogens is 206 g/mol. The monoisotopic (exact) mass is 225 g/mol. The van der Waals surface area contributed by atoms with Crippen LogP contribution in [0.3, 0.4) is 0 Å². The maximum absolute atomic E-state index is 11.9. The summed E-state index contributed by atoms with van der Waals surface area (Å²) in [6, 6.07) is -0.464. The second kappa shape index (κ2) is 4.41. The molecule has 2 aliphatic rings. The van der Waals surface area contributed by atoms with Crippen LogP contribution >= 0.6 is 0 Å². The fourth-order valence-electron chi connectivity index (χ4n) is 2.09. The zero-order chi connectivity index (χ0) is 11.7. The van der Waals surface area contributed by atoms with E-state index in [1.165, 1.54) is 0 Å². The molecule has 5 heteroatoms. The quantitative estimate of drug-likeness (QED) is 0.686. The number of likely N-dealkylation sites (tertiary alicyclic amines) is 1. The van der Waals surface area contributed by atoms with Crippen LogP contribution in [0.25, 0.3) is 0 Å². The first-order valence-corrected chi connectivity index (χ1v) is 5.96. The van der Waals surface area contributed by atoms with Crippen molar-refractivity contribution in [3.8, 4) is 0 Å². The third-order valence-corrected chi connectivity index (χ3v) is 3.15. The smallest absolute Gasteiger partial charge is 0.243 e. The SMILES string of the molecule is C[C@H](N)C(=O)N1CCCC1C(=O)NC1CC1. The van der Waals surface area contributed by atoms with Gasteiger partial charge in [0.05, 0.1) is 6.04 Å². The lowest BCUT2D eigenvalue weighted by Gasteiger charge is -2.25. The van der Waals surface area contributed by atoms with Gasteiger partial charge in [0.1, 0.15) is 6.04 Å². The Balaban J connectivity index is 1.96. The first kappa shape index (κ1) is 11.4. The number of rotatable bonds is 3. The van der Waals surface area contributed by atoms with Gasteiger partial charge in [0.15, 0.2) is 0 Å². The van der Waals surface area contributed by atoms with Gasteiger partial charge >= 0.3 is 0 Å². The minimum atomic E-state index is -0.519. The molecule has 0 aromatic heterocycles. The van der Waals surface area contributed by atoms with E-state index >= 15 is 0 Å². The van der Waals surface area contributed by atoms with Gasteiger partial charge in [-0.25, -0.2) is 0 Å². The normalized spacial score (nSPS) is 26.6. The molecule has 0 spiro atoms. The van der Waals surface area contributed by atoms with Crippen LogP contribution in [-0.2, 0) is 9.59 Å². The molecule has 1 unspecified atom stereocenters. The minimum Gasteiger partial charge on any atom is -0.352 e. The molecule has 1 heterocycles. The number of amides is 2. The minimum absolute atomic E-state index is 0.00556. The topological polar surface area (TPSA) is 75.4 Å². The summed E-state index contributed by atoms with van der Waals surface area (Å²) in [5.74, 6) is -0.123. The van der Waals surface area contributed by atoms with E-state index in [4.69, 9.17) is 5.73 Å². The second-order valence-electron chi connectivity index (χ2n) is 4.76. The molecule has 90 valence electrons. The number of carbonyl (C=O) groups is 2. The summed E-state index contributed by atoms with van der Waals surface area (Å²) in [6.45, 7) is 2.32. The van der Waals surface area contributed by atoms with Crippen LogP contribution in [-0.4, -0.2) is 41.4 Å². The average molecular weight is 225 g/mol. The van der Waals surface area contributed by atoms with Gasteiger partial charge in [-0.1, -0.05) is 0 Å². The maximum Gasteiger partial charge on any atom is 0.243 e. The standard InChI is InChI=1S/C11H19N3O2/c1-7(12)11(16)14-6-2-3-9(14)10(15)13-8-4-5-8/h7-9H,2-6,12H2,1H3,(H,13,15)/t7-,9?/m0/s1. The molecule has 1 aliphatic carbocycles. The van der Waals surface area contributed by atoms with E-state index in [1.54, 1.807) is 11.8 Å². The molecule has 2 rings (SSSR count). The summed E-state index contributed by atoms with van der Waals surface area (Å²) >= 11 is 0. The van der Waals surface area contributed by atoms with Gasteiger partial charge in [-0.3, -0.25) is 9.59 Å². The van der Waals surface area contributed by atoms with Crippen molar-refractivity contribution in [3.63, 3.8) is 0 Å². The van der Waals surface area contributed by atoms with Gasteiger partial charge in [0.2, 0.25) is 11.8 Å². The van der Waals surface area contributed by atoms with E-state index in [1.807, 2.05) is 0 Å². The predicted octanol–water partition coefficient (Wildman–Crippen LogP) is -0.397. The third-order valence-electron chi connectivity index (χ3n) is 3.15. The summed E-state index contributed by atoms with van der Waals surface area (Å²) in [5.41, 5.74) is 5.57. The Morgan fingerprint density at radius 3 is 2.62 bits per heavy atom. The molecule has 0 bridgehead atoms. The van der Waals surface area contributed by atoms with E-state index in [2.05, 4.69) is 5.32 Å². The molecule has 16 heavy (non-hydrogen) atoms.